The topological polar surface area (TPSA) is 47.6 Å². The van der Waals surface area contributed by atoms with Gasteiger partial charge in [-0.15, -0.1) is 0 Å². The zero-order valence-corrected chi connectivity index (χ0v) is 15.3. The molecule has 0 saturated heterocycles. The van der Waals surface area contributed by atoms with Crippen molar-refractivity contribution in [2.75, 3.05) is 13.2 Å². The van der Waals surface area contributed by atoms with Gasteiger partial charge in [0, 0.05) is 0 Å². The molecule has 2 aromatic carbocycles. The highest BCUT2D eigenvalue weighted by atomic mass is 19.1. The van der Waals surface area contributed by atoms with Crippen LogP contribution in [0.25, 0.3) is 0 Å². The Balaban J connectivity index is 1.73. The van der Waals surface area contributed by atoms with E-state index in [1.807, 2.05) is 19.1 Å². The standard InChI is InChI=1S/C21H26FNO3/c1-3-5-16-6-10-18(11-7-16)25-15-14-23-21(24)20(4-2)26-19-12-8-17(22)9-13-19/h6-13,20H,3-5,14-15H2,1-2H3,(H,23,24)/t20-/m0/s1. The largest absolute Gasteiger partial charge is 0.492 e. The molecule has 0 saturated carbocycles. The quantitative estimate of drug-likeness (QED) is 0.649. The molecule has 0 heterocycles. The molecule has 0 spiro atoms. The zero-order chi connectivity index (χ0) is 18.8. The van der Waals surface area contributed by atoms with Crippen molar-refractivity contribution in [2.45, 2.75) is 39.2 Å². The minimum atomic E-state index is -0.617. The molecule has 140 valence electrons. The molecule has 5 heteroatoms. The highest BCUT2D eigenvalue weighted by Gasteiger charge is 2.17. The summed E-state index contributed by atoms with van der Waals surface area (Å²) in [7, 11) is 0. The van der Waals surface area contributed by atoms with Crippen LogP contribution in [0.15, 0.2) is 48.5 Å². The van der Waals surface area contributed by atoms with Gasteiger partial charge >= 0.3 is 0 Å². The first-order valence-corrected chi connectivity index (χ1v) is 9.04. The number of halogens is 1. The van der Waals surface area contributed by atoms with E-state index >= 15 is 0 Å². The second-order valence-corrected chi connectivity index (χ2v) is 6.00. The highest BCUT2D eigenvalue weighted by Crippen LogP contribution is 2.15. The number of aryl methyl sites for hydroxylation is 1. The summed E-state index contributed by atoms with van der Waals surface area (Å²) in [6.07, 6.45) is 2.07. The summed E-state index contributed by atoms with van der Waals surface area (Å²) in [5.41, 5.74) is 1.29. The first-order chi connectivity index (χ1) is 12.6. The van der Waals surface area contributed by atoms with Crippen LogP contribution in [0.3, 0.4) is 0 Å². The van der Waals surface area contributed by atoms with E-state index in [4.69, 9.17) is 9.47 Å². The molecular formula is C21H26FNO3. The summed E-state index contributed by atoms with van der Waals surface area (Å²) in [5, 5.41) is 2.80. The Morgan fingerprint density at radius 3 is 2.31 bits per heavy atom. The lowest BCUT2D eigenvalue weighted by atomic mass is 10.1. The average molecular weight is 359 g/mol. The smallest absolute Gasteiger partial charge is 0.261 e. The molecule has 0 fully saturated rings. The van der Waals surface area contributed by atoms with E-state index in [0.717, 1.165) is 18.6 Å². The van der Waals surface area contributed by atoms with Crippen LogP contribution in [0.4, 0.5) is 4.39 Å². The summed E-state index contributed by atoms with van der Waals surface area (Å²) in [4.78, 5) is 12.2. The van der Waals surface area contributed by atoms with Crippen molar-refractivity contribution in [1.29, 1.82) is 0 Å². The number of carbonyl (C=O) groups is 1. The molecule has 4 nitrogen and oxygen atoms in total. The molecule has 0 aliphatic carbocycles. The van der Waals surface area contributed by atoms with Gasteiger partial charge in [-0.05, 0) is 54.8 Å². The van der Waals surface area contributed by atoms with Crippen molar-refractivity contribution in [3.8, 4) is 11.5 Å². The minimum Gasteiger partial charge on any atom is -0.492 e. The Labute approximate surface area is 154 Å². The summed E-state index contributed by atoms with van der Waals surface area (Å²) in [5.74, 6) is 0.707. The van der Waals surface area contributed by atoms with Gasteiger partial charge in [0.2, 0.25) is 0 Å². The molecule has 2 aromatic rings. The van der Waals surface area contributed by atoms with Crippen LogP contribution in [0.2, 0.25) is 0 Å². The molecule has 2 rings (SSSR count). The third-order valence-corrected chi connectivity index (χ3v) is 3.89. The number of hydrogen-bond donors (Lipinski definition) is 1. The normalized spacial score (nSPS) is 11.7. The van der Waals surface area contributed by atoms with E-state index in [9.17, 15) is 9.18 Å². The number of benzene rings is 2. The molecule has 1 atom stereocenters. The Morgan fingerprint density at radius 2 is 1.69 bits per heavy atom. The molecular weight excluding hydrogens is 333 g/mol. The second kappa shape index (κ2) is 10.4. The predicted molar refractivity (Wildman–Crippen MR) is 100 cm³/mol. The fourth-order valence-electron chi connectivity index (χ4n) is 2.50. The third kappa shape index (κ3) is 6.39. The summed E-state index contributed by atoms with van der Waals surface area (Å²) in [6.45, 7) is 4.78. The van der Waals surface area contributed by atoms with Crippen molar-refractivity contribution in [3.63, 3.8) is 0 Å². The average Bonchev–Trinajstić information content (AvgIpc) is 2.66. The molecule has 0 bridgehead atoms. The lowest BCUT2D eigenvalue weighted by Crippen LogP contribution is -2.39. The molecule has 1 amide bonds. The van der Waals surface area contributed by atoms with E-state index in [2.05, 4.69) is 24.4 Å². The van der Waals surface area contributed by atoms with Crippen molar-refractivity contribution >= 4 is 5.91 Å². The van der Waals surface area contributed by atoms with Gasteiger partial charge in [0.15, 0.2) is 6.10 Å². The molecule has 26 heavy (non-hydrogen) atoms. The monoisotopic (exact) mass is 359 g/mol. The first-order valence-electron chi connectivity index (χ1n) is 9.04. The van der Waals surface area contributed by atoms with Gasteiger partial charge < -0.3 is 14.8 Å². The lowest BCUT2D eigenvalue weighted by molar-refractivity contribution is -0.128. The Hall–Kier alpha value is -2.56. The van der Waals surface area contributed by atoms with Crippen LogP contribution in [0, 0.1) is 5.82 Å². The number of rotatable bonds is 10. The van der Waals surface area contributed by atoms with Crippen LogP contribution in [0.1, 0.15) is 32.3 Å². The van der Waals surface area contributed by atoms with E-state index in [1.54, 1.807) is 0 Å². The van der Waals surface area contributed by atoms with Crippen LogP contribution in [-0.2, 0) is 11.2 Å². The van der Waals surface area contributed by atoms with Crippen LogP contribution < -0.4 is 14.8 Å². The van der Waals surface area contributed by atoms with Gasteiger partial charge in [-0.3, -0.25) is 4.79 Å². The van der Waals surface area contributed by atoms with Crippen molar-refractivity contribution in [3.05, 3.63) is 59.9 Å². The summed E-state index contributed by atoms with van der Waals surface area (Å²) < 4.78 is 24.2. The highest BCUT2D eigenvalue weighted by molar-refractivity contribution is 5.81. The van der Waals surface area contributed by atoms with E-state index < -0.39 is 6.10 Å². The second-order valence-electron chi connectivity index (χ2n) is 6.00. The lowest BCUT2D eigenvalue weighted by Gasteiger charge is -2.17. The Bertz CT molecular complexity index is 671. The van der Waals surface area contributed by atoms with Gasteiger partial charge in [-0.25, -0.2) is 4.39 Å². The van der Waals surface area contributed by atoms with Crippen LogP contribution in [-0.4, -0.2) is 25.2 Å². The fraction of sp³-hybridized carbons (Fsp3) is 0.381. The fourth-order valence-corrected chi connectivity index (χ4v) is 2.50. The van der Waals surface area contributed by atoms with E-state index in [-0.39, 0.29) is 11.7 Å². The molecule has 0 unspecified atom stereocenters. The SMILES string of the molecule is CCCc1ccc(OCCNC(=O)[C@H](CC)Oc2ccc(F)cc2)cc1. The zero-order valence-electron chi connectivity index (χ0n) is 15.3. The maximum Gasteiger partial charge on any atom is 0.261 e. The van der Waals surface area contributed by atoms with Gasteiger partial charge in [-0.1, -0.05) is 32.4 Å². The minimum absolute atomic E-state index is 0.210. The van der Waals surface area contributed by atoms with Gasteiger partial charge in [-0.2, -0.15) is 0 Å². The van der Waals surface area contributed by atoms with Crippen LogP contribution in [0.5, 0.6) is 11.5 Å². The Kier molecular flexibility index (Phi) is 7.93. The van der Waals surface area contributed by atoms with Crippen LogP contribution >= 0.6 is 0 Å². The summed E-state index contributed by atoms with van der Waals surface area (Å²) >= 11 is 0. The van der Waals surface area contributed by atoms with Gasteiger partial charge in [0.1, 0.15) is 23.9 Å². The Morgan fingerprint density at radius 1 is 1.04 bits per heavy atom. The number of nitrogens with one attached hydrogen (secondary N) is 1. The van der Waals surface area contributed by atoms with E-state index in [0.29, 0.717) is 25.3 Å². The number of amides is 1. The predicted octanol–water partition coefficient (Wildman–Crippen LogP) is 4.13. The molecule has 1 N–H and O–H groups in total. The van der Waals surface area contributed by atoms with Crippen molar-refractivity contribution in [1.82, 2.24) is 5.32 Å². The molecule has 0 aliphatic heterocycles. The molecule has 0 aliphatic rings. The third-order valence-electron chi connectivity index (χ3n) is 3.89. The molecule has 0 aromatic heterocycles. The van der Waals surface area contributed by atoms with Gasteiger partial charge in [0.25, 0.3) is 5.91 Å². The summed E-state index contributed by atoms with van der Waals surface area (Å²) in [6, 6.07) is 13.6. The maximum absolute atomic E-state index is 12.9. The number of carbonyl (C=O) groups excluding carboxylic acids is 1. The number of ether oxygens (including phenoxy) is 2. The first kappa shape index (κ1) is 19.8. The van der Waals surface area contributed by atoms with Crippen molar-refractivity contribution in [2.24, 2.45) is 0 Å². The number of hydrogen-bond acceptors (Lipinski definition) is 3. The van der Waals surface area contributed by atoms with Gasteiger partial charge in [0.05, 0.1) is 6.54 Å². The molecule has 0 radical (unpaired) electrons. The maximum atomic E-state index is 12.9. The van der Waals surface area contributed by atoms with Crippen molar-refractivity contribution < 1.29 is 18.7 Å². The van der Waals surface area contributed by atoms with E-state index in [1.165, 1.54) is 29.8 Å².